The van der Waals surface area contributed by atoms with Gasteiger partial charge in [0.2, 0.25) is 10.0 Å². The summed E-state index contributed by atoms with van der Waals surface area (Å²) in [5.74, 6) is -1.54. The van der Waals surface area contributed by atoms with E-state index in [1.54, 1.807) is 13.8 Å². The predicted octanol–water partition coefficient (Wildman–Crippen LogP) is 2.62. The molecule has 0 atom stereocenters. The van der Waals surface area contributed by atoms with E-state index in [-0.39, 0.29) is 10.2 Å². The van der Waals surface area contributed by atoms with Crippen LogP contribution in [0.4, 0.5) is 23.2 Å². The number of anilines is 1. The van der Waals surface area contributed by atoms with Crippen molar-refractivity contribution in [1.29, 1.82) is 0 Å². The van der Waals surface area contributed by atoms with Gasteiger partial charge in [0.15, 0.2) is 0 Å². The lowest BCUT2D eigenvalue weighted by atomic mass is 10.2. The van der Waals surface area contributed by atoms with Crippen LogP contribution in [0.25, 0.3) is 0 Å². The van der Waals surface area contributed by atoms with Crippen molar-refractivity contribution in [2.45, 2.75) is 24.9 Å². The molecule has 0 spiro atoms. The van der Waals surface area contributed by atoms with Crippen LogP contribution in [0.3, 0.4) is 0 Å². The molecular formula is C12H16F4N2O2S. The Balaban J connectivity index is 3.33. The first-order valence-corrected chi connectivity index (χ1v) is 7.50. The molecule has 0 heterocycles. The summed E-state index contributed by atoms with van der Waals surface area (Å²) in [6.45, 7) is 1.03. The minimum Gasteiger partial charge on any atom is -0.398 e. The highest BCUT2D eigenvalue weighted by Crippen LogP contribution is 2.28. The molecule has 0 aliphatic rings. The molecule has 4 nitrogen and oxygen atoms in total. The lowest BCUT2D eigenvalue weighted by Gasteiger charge is -2.25. The maximum absolute atomic E-state index is 13.7. The van der Waals surface area contributed by atoms with Crippen LogP contribution >= 0.6 is 0 Å². The number of hydrogen-bond acceptors (Lipinski definition) is 3. The fourth-order valence-electron chi connectivity index (χ4n) is 1.78. The highest BCUT2D eigenvalue weighted by molar-refractivity contribution is 7.89. The molecule has 1 aromatic carbocycles. The van der Waals surface area contributed by atoms with Crippen molar-refractivity contribution in [3.63, 3.8) is 0 Å². The zero-order valence-electron chi connectivity index (χ0n) is 11.5. The third-order valence-electron chi connectivity index (χ3n) is 2.52. The van der Waals surface area contributed by atoms with Gasteiger partial charge in [-0.3, -0.25) is 0 Å². The third kappa shape index (κ3) is 4.57. The van der Waals surface area contributed by atoms with E-state index in [0.717, 1.165) is 12.1 Å². The fraction of sp³-hybridized carbons (Fsp3) is 0.500. The molecule has 0 amide bonds. The number of nitrogens with zero attached hydrogens (tertiary/aromatic N) is 1. The van der Waals surface area contributed by atoms with E-state index in [1.807, 2.05) is 0 Å². The number of hydrogen-bond donors (Lipinski definition) is 1. The molecule has 21 heavy (non-hydrogen) atoms. The molecule has 0 bridgehead atoms. The van der Waals surface area contributed by atoms with Gasteiger partial charge in [0.25, 0.3) is 0 Å². The van der Waals surface area contributed by atoms with Crippen molar-refractivity contribution >= 4 is 15.7 Å². The molecule has 0 aliphatic heterocycles. The molecule has 0 unspecified atom stereocenters. The second kappa shape index (κ2) is 6.18. The summed E-state index contributed by atoms with van der Waals surface area (Å²) in [5, 5.41) is 0. The number of halogens is 4. The summed E-state index contributed by atoms with van der Waals surface area (Å²) in [5.41, 5.74) is 4.99. The van der Waals surface area contributed by atoms with Crippen LogP contribution in [-0.2, 0) is 10.0 Å². The SMILES string of the molecule is CC(C)CN(CC(F)(F)F)S(=O)(=O)c1c(N)cccc1F. The molecular weight excluding hydrogens is 312 g/mol. The number of sulfonamides is 1. The molecule has 0 aromatic heterocycles. The first kappa shape index (κ1) is 17.7. The van der Waals surface area contributed by atoms with Crippen LogP contribution in [0.2, 0.25) is 0 Å². The fourth-order valence-corrected chi connectivity index (χ4v) is 3.53. The molecule has 0 radical (unpaired) electrons. The largest absolute Gasteiger partial charge is 0.402 e. The summed E-state index contributed by atoms with van der Waals surface area (Å²) in [6, 6.07) is 3.14. The lowest BCUT2D eigenvalue weighted by molar-refractivity contribution is -0.136. The number of benzene rings is 1. The van der Waals surface area contributed by atoms with Crippen LogP contribution in [-0.4, -0.2) is 32.0 Å². The second-order valence-corrected chi connectivity index (χ2v) is 6.84. The van der Waals surface area contributed by atoms with E-state index in [4.69, 9.17) is 5.73 Å². The Morgan fingerprint density at radius 3 is 2.29 bits per heavy atom. The molecule has 0 aliphatic carbocycles. The molecule has 9 heteroatoms. The van der Waals surface area contributed by atoms with E-state index in [1.165, 1.54) is 6.07 Å². The van der Waals surface area contributed by atoms with Gasteiger partial charge in [-0.05, 0) is 18.1 Å². The van der Waals surface area contributed by atoms with Crippen LogP contribution in [0.1, 0.15) is 13.8 Å². The smallest absolute Gasteiger partial charge is 0.398 e. The van der Waals surface area contributed by atoms with Gasteiger partial charge in [-0.25, -0.2) is 12.8 Å². The maximum Gasteiger partial charge on any atom is 0.402 e. The minimum absolute atomic E-state index is 0.201. The van der Waals surface area contributed by atoms with E-state index < -0.39 is 45.7 Å². The predicted molar refractivity (Wildman–Crippen MR) is 70.5 cm³/mol. The quantitative estimate of drug-likeness (QED) is 0.667. The van der Waals surface area contributed by atoms with Gasteiger partial charge in [-0.1, -0.05) is 19.9 Å². The second-order valence-electron chi connectivity index (χ2n) is 4.96. The van der Waals surface area contributed by atoms with Crippen LogP contribution in [0, 0.1) is 11.7 Å². The monoisotopic (exact) mass is 328 g/mol. The molecule has 120 valence electrons. The molecule has 1 aromatic rings. The topological polar surface area (TPSA) is 63.4 Å². The van der Waals surface area contributed by atoms with Crippen molar-refractivity contribution in [3.8, 4) is 0 Å². The summed E-state index contributed by atoms with van der Waals surface area (Å²) in [4.78, 5) is -0.921. The van der Waals surface area contributed by atoms with Gasteiger partial charge in [-0.15, -0.1) is 0 Å². The summed E-state index contributed by atoms with van der Waals surface area (Å²) < 4.78 is 76.2. The Hall–Kier alpha value is -1.35. The summed E-state index contributed by atoms with van der Waals surface area (Å²) >= 11 is 0. The first-order chi connectivity index (χ1) is 9.45. The van der Waals surface area contributed by atoms with E-state index in [0.29, 0.717) is 0 Å². The average molecular weight is 328 g/mol. The number of nitrogen functional groups attached to an aromatic ring is 1. The number of rotatable bonds is 5. The summed E-state index contributed by atoms with van der Waals surface area (Å²) in [7, 11) is -4.68. The highest BCUT2D eigenvalue weighted by Gasteiger charge is 2.39. The molecule has 0 fully saturated rings. The van der Waals surface area contributed by atoms with Crippen LogP contribution in [0.5, 0.6) is 0 Å². The normalized spacial score (nSPS) is 13.1. The number of alkyl halides is 3. The zero-order chi connectivity index (χ0) is 16.4. The van der Waals surface area contributed by atoms with Crippen molar-refractivity contribution in [2.24, 2.45) is 5.92 Å². The van der Waals surface area contributed by atoms with Gasteiger partial charge in [0.1, 0.15) is 17.3 Å². The van der Waals surface area contributed by atoms with Crippen molar-refractivity contribution < 1.29 is 26.0 Å². The van der Waals surface area contributed by atoms with Gasteiger partial charge >= 0.3 is 6.18 Å². The maximum atomic E-state index is 13.7. The van der Waals surface area contributed by atoms with Crippen molar-refractivity contribution in [3.05, 3.63) is 24.0 Å². The Bertz CT molecular complexity index is 580. The van der Waals surface area contributed by atoms with Crippen LogP contribution in [0.15, 0.2) is 23.1 Å². The molecule has 0 saturated heterocycles. The average Bonchev–Trinajstić information content (AvgIpc) is 2.24. The highest BCUT2D eigenvalue weighted by atomic mass is 32.2. The van der Waals surface area contributed by atoms with Gasteiger partial charge < -0.3 is 5.73 Å². The first-order valence-electron chi connectivity index (χ1n) is 6.06. The Kier molecular flexibility index (Phi) is 5.21. The third-order valence-corrected chi connectivity index (χ3v) is 4.42. The lowest BCUT2D eigenvalue weighted by Crippen LogP contribution is -2.41. The Morgan fingerprint density at radius 1 is 1.29 bits per heavy atom. The van der Waals surface area contributed by atoms with Gasteiger partial charge in [-0.2, -0.15) is 17.5 Å². The van der Waals surface area contributed by atoms with Crippen molar-refractivity contribution in [1.82, 2.24) is 4.31 Å². The minimum atomic E-state index is -4.73. The van der Waals surface area contributed by atoms with Crippen molar-refractivity contribution in [2.75, 3.05) is 18.8 Å². The van der Waals surface area contributed by atoms with E-state index in [9.17, 15) is 26.0 Å². The molecule has 2 N–H and O–H groups in total. The van der Waals surface area contributed by atoms with Crippen LogP contribution < -0.4 is 5.73 Å². The Labute approximate surface area is 120 Å². The summed E-state index contributed by atoms with van der Waals surface area (Å²) in [6.07, 6.45) is -4.73. The molecule has 1 rings (SSSR count). The van der Waals surface area contributed by atoms with Gasteiger partial charge in [0, 0.05) is 6.54 Å². The van der Waals surface area contributed by atoms with Gasteiger partial charge in [0.05, 0.1) is 5.69 Å². The Morgan fingerprint density at radius 2 is 1.86 bits per heavy atom. The van der Waals surface area contributed by atoms with E-state index >= 15 is 0 Å². The zero-order valence-corrected chi connectivity index (χ0v) is 12.3. The number of nitrogens with two attached hydrogens (primary N) is 1. The van der Waals surface area contributed by atoms with E-state index in [2.05, 4.69) is 0 Å². The molecule has 0 saturated carbocycles. The standard InChI is InChI=1S/C12H16F4N2O2S/c1-8(2)6-18(7-12(14,15)16)21(19,20)11-9(13)4-3-5-10(11)17/h3-5,8H,6-7,17H2,1-2H3.